The van der Waals surface area contributed by atoms with E-state index in [1.54, 1.807) is 6.07 Å². The average Bonchev–Trinajstić information content (AvgIpc) is 2.55. The highest BCUT2D eigenvalue weighted by Crippen LogP contribution is 2.21. The van der Waals surface area contributed by atoms with Gasteiger partial charge < -0.3 is 4.74 Å². The summed E-state index contributed by atoms with van der Waals surface area (Å²) in [6.45, 7) is 3.92. The smallest absolute Gasteiger partial charge is 0.126 e. The summed E-state index contributed by atoms with van der Waals surface area (Å²) in [5, 5.41) is 0. The Kier molecular flexibility index (Phi) is 5.07. The molecule has 0 N–H and O–H groups in total. The van der Waals surface area contributed by atoms with Crippen LogP contribution in [0.5, 0.6) is 5.75 Å². The molecule has 0 amide bonds. The van der Waals surface area contributed by atoms with Crippen molar-refractivity contribution in [3.05, 3.63) is 66.0 Å². The van der Waals surface area contributed by atoms with E-state index in [0.717, 1.165) is 32.5 Å². The van der Waals surface area contributed by atoms with Gasteiger partial charge >= 0.3 is 0 Å². The van der Waals surface area contributed by atoms with Crippen LogP contribution in [0.1, 0.15) is 18.4 Å². The number of hydrogen-bond donors (Lipinski definition) is 0. The molecule has 3 rings (SSSR count). The first-order valence-corrected chi connectivity index (χ1v) is 7.94. The topological polar surface area (TPSA) is 12.5 Å². The number of hydrogen-bond acceptors (Lipinski definition) is 2. The lowest BCUT2D eigenvalue weighted by Crippen LogP contribution is -2.35. The molecule has 0 atom stereocenters. The number of rotatable bonds is 5. The monoisotopic (exact) mass is 299 g/mol. The molecule has 116 valence electrons. The first-order chi connectivity index (χ1) is 10.8. The maximum atomic E-state index is 13.1. The second-order valence-electron chi connectivity index (χ2n) is 5.97. The Labute approximate surface area is 131 Å². The minimum atomic E-state index is -0.241. The van der Waals surface area contributed by atoms with Crippen LogP contribution in [0.2, 0.25) is 0 Å². The quantitative estimate of drug-likeness (QED) is 0.823. The van der Waals surface area contributed by atoms with Gasteiger partial charge in [-0.25, -0.2) is 4.39 Å². The predicted molar refractivity (Wildman–Crippen MR) is 86.3 cm³/mol. The van der Waals surface area contributed by atoms with E-state index < -0.39 is 0 Å². The summed E-state index contributed by atoms with van der Waals surface area (Å²) in [7, 11) is 0. The molecule has 1 aliphatic rings. The molecule has 1 heterocycles. The number of piperidine rings is 1. The van der Waals surface area contributed by atoms with Gasteiger partial charge in [-0.05, 0) is 49.5 Å². The summed E-state index contributed by atoms with van der Waals surface area (Å²) in [6, 6.07) is 17.0. The highest BCUT2D eigenvalue weighted by Gasteiger charge is 2.19. The molecule has 2 aromatic carbocycles. The predicted octanol–water partition coefficient (Wildman–Crippen LogP) is 4.12. The SMILES string of the molecule is Fc1cccc(OCC2CCN(Cc3ccccc3)CC2)c1. The van der Waals surface area contributed by atoms with Gasteiger partial charge in [0.05, 0.1) is 6.61 Å². The van der Waals surface area contributed by atoms with Crippen LogP contribution < -0.4 is 4.74 Å². The lowest BCUT2D eigenvalue weighted by molar-refractivity contribution is 0.136. The molecule has 2 aromatic rings. The van der Waals surface area contributed by atoms with E-state index in [9.17, 15) is 4.39 Å². The molecule has 0 unspecified atom stereocenters. The minimum Gasteiger partial charge on any atom is -0.493 e. The summed E-state index contributed by atoms with van der Waals surface area (Å²) < 4.78 is 18.8. The van der Waals surface area contributed by atoms with Crippen molar-refractivity contribution >= 4 is 0 Å². The van der Waals surface area contributed by atoms with Crippen molar-refractivity contribution in [2.45, 2.75) is 19.4 Å². The van der Waals surface area contributed by atoms with Gasteiger partial charge in [0.15, 0.2) is 0 Å². The fourth-order valence-electron chi connectivity index (χ4n) is 2.92. The third kappa shape index (κ3) is 4.31. The second kappa shape index (κ2) is 7.41. The van der Waals surface area contributed by atoms with Crippen molar-refractivity contribution in [2.75, 3.05) is 19.7 Å². The van der Waals surface area contributed by atoms with Gasteiger partial charge in [0.2, 0.25) is 0 Å². The molecule has 3 heteroatoms. The van der Waals surface area contributed by atoms with Gasteiger partial charge in [-0.15, -0.1) is 0 Å². The van der Waals surface area contributed by atoms with Gasteiger partial charge in [-0.1, -0.05) is 36.4 Å². The Hall–Kier alpha value is -1.87. The molecule has 0 bridgehead atoms. The van der Waals surface area contributed by atoms with Crippen LogP contribution in [0.4, 0.5) is 4.39 Å². The summed E-state index contributed by atoms with van der Waals surface area (Å²) in [4.78, 5) is 2.49. The molecule has 0 saturated carbocycles. The van der Waals surface area contributed by atoms with Crippen LogP contribution in [-0.4, -0.2) is 24.6 Å². The lowest BCUT2D eigenvalue weighted by atomic mass is 9.97. The van der Waals surface area contributed by atoms with Gasteiger partial charge in [-0.2, -0.15) is 0 Å². The summed E-state index contributed by atoms with van der Waals surface area (Å²) in [5.41, 5.74) is 1.37. The van der Waals surface area contributed by atoms with Crippen molar-refractivity contribution in [3.8, 4) is 5.75 Å². The number of likely N-dealkylation sites (tertiary alicyclic amines) is 1. The van der Waals surface area contributed by atoms with Crippen molar-refractivity contribution in [3.63, 3.8) is 0 Å². The molecular formula is C19H22FNO. The van der Waals surface area contributed by atoms with Gasteiger partial charge in [-0.3, -0.25) is 4.90 Å². The Morgan fingerprint density at radius 2 is 1.77 bits per heavy atom. The zero-order chi connectivity index (χ0) is 15.2. The van der Waals surface area contributed by atoms with Crippen LogP contribution in [0.15, 0.2) is 54.6 Å². The van der Waals surface area contributed by atoms with Crippen LogP contribution in [0.25, 0.3) is 0 Å². The molecule has 2 nitrogen and oxygen atoms in total. The van der Waals surface area contributed by atoms with Crippen LogP contribution in [-0.2, 0) is 6.54 Å². The Bertz CT molecular complexity index is 579. The largest absolute Gasteiger partial charge is 0.493 e. The Balaban J connectivity index is 1.42. The molecule has 22 heavy (non-hydrogen) atoms. The van der Waals surface area contributed by atoms with Gasteiger partial charge in [0, 0.05) is 12.6 Å². The van der Waals surface area contributed by atoms with E-state index in [2.05, 4.69) is 35.2 Å². The fourth-order valence-corrected chi connectivity index (χ4v) is 2.92. The van der Waals surface area contributed by atoms with E-state index in [0.29, 0.717) is 18.3 Å². The molecule has 0 aliphatic carbocycles. The van der Waals surface area contributed by atoms with Crippen LogP contribution in [0.3, 0.4) is 0 Å². The van der Waals surface area contributed by atoms with E-state index in [-0.39, 0.29) is 5.82 Å². The summed E-state index contributed by atoms with van der Waals surface area (Å²) in [6.07, 6.45) is 2.28. The second-order valence-corrected chi connectivity index (χ2v) is 5.97. The molecular weight excluding hydrogens is 277 g/mol. The van der Waals surface area contributed by atoms with E-state index in [4.69, 9.17) is 4.74 Å². The number of halogens is 1. The Morgan fingerprint density at radius 1 is 1.00 bits per heavy atom. The summed E-state index contributed by atoms with van der Waals surface area (Å²) in [5.74, 6) is 0.956. The average molecular weight is 299 g/mol. The number of ether oxygens (including phenoxy) is 1. The lowest BCUT2D eigenvalue weighted by Gasteiger charge is -2.31. The molecule has 0 radical (unpaired) electrons. The van der Waals surface area contributed by atoms with Crippen LogP contribution >= 0.6 is 0 Å². The Morgan fingerprint density at radius 3 is 2.50 bits per heavy atom. The first kappa shape index (κ1) is 15.0. The number of benzene rings is 2. The van der Waals surface area contributed by atoms with Crippen molar-refractivity contribution in [2.24, 2.45) is 5.92 Å². The normalized spacial score (nSPS) is 16.6. The highest BCUT2D eigenvalue weighted by molar-refractivity contribution is 5.22. The highest BCUT2D eigenvalue weighted by atomic mass is 19.1. The maximum Gasteiger partial charge on any atom is 0.126 e. The molecule has 1 saturated heterocycles. The van der Waals surface area contributed by atoms with Crippen molar-refractivity contribution < 1.29 is 9.13 Å². The maximum absolute atomic E-state index is 13.1. The molecule has 1 aliphatic heterocycles. The molecule has 0 aromatic heterocycles. The van der Waals surface area contributed by atoms with Crippen molar-refractivity contribution in [1.29, 1.82) is 0 Å². The number of nitrogens with zero attached hydrogens (tertiary/aromatic N) is 1. The van der Waals surface area contributed by atoms with E-state index in [1.165, 1.54) is 17.7 Å². The molecule has 0 spiro atoms. The van der Waals surface area contributed by atoms with Crippen LogP contribution in [0, 0.1) is 11.7 Å². The minimum absolute atomic E-state index is 0.241. The third-order valence-corrected chi connectivity index (χ3v) is 4.24. The summed E-state index contributed by atoms with van der Waals surface area (Å²) >= 11 is 0. The van der Waals surface area contributed by atoms with Gasteiger partial charge in [0.25, 0.3) is 0 Å². The van der Waals surface area contributed by atoms with E-state index in [1.807, 2.05) is 6.07 Å². The zero-order valence-electron chi connectivity index (χ0n) is 12.7. The zero-order valence-corrected chi connectivity index (χ0v) is 12.7. The van der Waals surface area contributed by atoms with Gasteiger partial charge in [0.1, 0.15) is 11.6 Å². The third-order valence-electron chi connectivity index (χ3n) is 4.24. The van der Waals surface area contributed by atoms with Crippen molar-refractivity contribution in [1.82, 2.24) is 4.90 Å². The standard InChI is InChI=1S/C19H22FNO/c20-18-7-4-8-19(13-18)22-15-17-9-11-21(12-10-17)14-16-5-2-1-3-6-16/h1-8,13,17H,9-12,14-15H2. The molecule has 1 fully saturated rings. The van der Waals surface area contributed by atoms with E-state index >= 15 is 0 Å². The fraction of sp³-hybridized carbons (Fsp3) is 0.368. The first-order valence-electron chi connectivity index (χ1n) is 7.94.